The van der Waals surface area contributed by atoms with Crippen LogP contribution in [0.3, 0.4) is 0 Å². The fraction of sp³-hybridized carbons (Fsp3) is 0.750. The van der Waals surface area contributed by atoms with Crippen molar-refractivity contribution >= 4 is 29.2 Å². The molecule has 1 unspecified atom stereocenters. The monoisotopic (exact) mass is 536 g/mol. The summed E-state index contributed by atoms with van der Waals surface area (Å²) in [6.45, 7) is 11.4. The van der Waals surface area contributed by atoms with Gasteiger partial charge >= 0.3 is 5.97 Å². The molecular formula is C28H44N2O6S. The van der Waals surface area contributed by atoms with Gasteiger partial charge < -0.3 is 20.1 Å². The number of hydrogen-bond donors (Lipinski definition) is 3. The molecule has 9 heteroatoms. The molecule has 8 atom stereocenters. The van der Waals surface area contributed by atoms with E-state index < -0.39 is 35.6 Å². The van der Waals surface area contributed by atoms with E-state index in [1.54, 1.807) is 32.1 Å². The first-order chi connectivity index (χ1) is 17.4. The lowest BCUT2D eigenvalue weighted by molar-refractivity contribution is -0.154. The lowest BCUT2D eigenvalue weighted by atomic mass is 9.73. The Balaban J connectivity index is 1.88. The minimum Gasteiger partial charge on any atom is -0.458 e. The second-order valence-electron chi connectivity index (χ2n) is 11.5. The van der Waals surface area contributed by atoms with Crippen molar-refractivity contribution in [2.24, 2.45) is 17.3 Å². The number of Topliss-reactive ketones (excluding diaryl/α,β-unsaturated/α-hetero) is 1. The summed E-state index contributed by atoms with van der Waals surface area (Å²) >= 11 is 1.55. The summed E-state index contributed by atoms with van der Waals surface area (Å²) < 4.78 is 5.94. The van der Waals surface area contributed by atoms with Crippen LogP contribution in [0.2, 0.25) is 0 Å². The first-order valence-electron chi connectivity index (χ1n) is 13.4. The van der Waals surface area contributed by atoms with Crippen molar-refractivity contribution in [1.29, 1.82) is 0 Å². The number of nitrogens with zero attached hydrogens (tertiary/aromatic N) is 2. The largest absolute Gasteiger partial charge is 0.458 e. The predicted molar refractivity (Wildman–Crippen MR) is 144 cm³/mol. The quantitative estimate of drug-likeness (QED) is 0.396. The maximum Gasteiger partial charge on any atom is 0.309 e. The second-order valence-corrected chi connectivity index (χ2v) is 12.5. The molecule has 0 radical (unpaired) electrons. The molecule has 0 saturated carbocycles. The molecule has 3 rings (SSSR count). The Morgan fingerprint density at radius 1 is 1.24 bits per heavy atom. The normalized spacial score (nSPS) is 36.1. The van der Waals surface area contributed by atoms with Gasteiger partial charge in [0.1, 0.15) is 11.9 Å². The van der Waals surface area contributed by atoms with Gasteiger partial charge in [-0.2, -0.15) is 0 Å². The van der Waals surface area contributed by atoms with Crippen LogP contribution in [0.5, 0.6) is 0 Å². The number of β-amino-alcohol motifs (C(OH)–C–C–N with tert-alkyl or cyclic N) is 1. The molecule has 2 saturated heterocycles. The number of aliphatic hydroxyl groups is 3. The van der Waals surface area contributed by atoms with Gasteiger partial charge in [-0.15, -0.1) is 11.3 Å². The zero-order valence-electron chi connectivity index (χ0n) is 23.0. The molecule has 1 aromatic rings. The molecule has 1 aromatic heterocycles. The number of ether oxygens (including phenoxy) is 1. The van der Waals surface area contributed by atoms with Crippen molar-refractivity contribution in [3.63, 3.8) is 0 Å². The molecule has 2 fully saturated rings. The number of hydrogen-bond acceptors (Lipinski definition) is 9. The maximum atomic E-state index is 13.3. The predicted octanol–water partition coefficient (Wildman–Crippen LogP) is 3.37. The molecule has 0 spiro atoms. The van der Waals surface area contributed by atoms with Crippen molar-refractivity contribution in [3.8, 4) is 0 Å². The van der Waals surface area contributed by atoms with Crippen molar-refractivity contribution in [2.75, 3.05) is 13.2 Å². The Bertz CT molecular complexity index is 976. The molecular weight excluding hydrogens is 492 g/mol. The lowest BCUT2D eigenvalue weighted by Gasteiger charge is -2.34. The maximum absolute atomic E-state index is 13.3. The highest BCUT2D eigenvalue weighted by molar-refractivity contribution is 7.09. The van der Waals surface area contributed by atoms with Gasteiger partial charge in [-0.3, -0.25) is 14.5 Å². The number of rotatable bonds is 4. The van der Waals surface area contributed by atoms with Crippen LogP contribution in [0.4, 0.5) is 0 Å². The van der Waals surface area contributed by atoms with Crippen LogP contribution in [0, 0.1) is 24.2 Å². The molecule has 2 aliphatic rings. The minimum atomic E-state index is -1.24. The number of esters is 1. The SMILES string of the molecule is CC(=Cc1csc(C)n1)[C@H]1C[C@H]2[C@H](CCC[C@@H](C)[C@@H](O)[C@H](C)C(=O)C(C)(C)[C@H](O)CC(=O)O1)N2CCO. The van der Waals surface area contributed by atoms with Crippen LogP contribution >= 0.6 is 11.3 Å². The average molecular weight is 537 g/mol. The zero-order valence-corrected chi connectivity index (χ0v) is 23.8. The first-order valence-corrected chi connectivity index (χ1v) is 14.3. The first kappa shape index (κ1) is 29.9. The van der Waals surface area contributed by atoms with E-state index in [1.165, 1.54) is 0 Å². The van der Waals surface area contributed by atoms with Crippen molar-refractivity contribution in [1.82, 2.24) is 9.88 Å². The number of aromatic nitrogens is 1. The highest BCUT2D eigenvalue weighted by Crippen LogP contribution is 2.39. The number of ketones is 1. The Morgan fingerprint density at radius 3 is 2.57 bits per heavy atom. The number of cyclic esters (lactones) is 1. The number of thiazole rings is 1. The van der Waals surface area contributed by atoms with Gasteiger partial charge in [0.05, 0.1) is 41.4 Å². The average Bonchev–Trinajstić information content (AvgIpc) is 3.29. The summed E-state index contributed by atoms with van der Waals surface area (Å²) in [5.74, 6) is -1.57. The fourth-order valence-electron chi connectivity index (χ4n) is 5.65. The molecule has 0 aliphatic carbocycles. The van der Waals surface area contributed by atoms with E-state index in [9.17, 15) is 24.9 Å². The molecule has 8 nitrogen and oxygen atoms in total. The van der Waals surface area contributed by atoms with Crippen LogP contribution in [0.1, 0.15) is 77.4 Å². The standard InChI is InChI=1S/C28H44N2O6S/c1-16-8-7-9-21-22(30(21)10-11-31)13-23(17(2)12-20-15-37-19(4)29-20)36-25(33)14-24(32)28(5,6)27(35)18(3)26(16)34/h12,15-16,18,21-24,26,31-32,34H,7-11,13-14H2,1-6H3/t16-,18+,21+,22+,23-,24-,26-,30?/m1/s1. The van der Waals surface area contributed by atoms with Crippen LogP contribution in [0.15, 0.2) is 11.0 Å². The van der Waals surface area contributed by atoms with Crippen LogP contribution in [-0.2, 0) is 14.3 Å². The Kier molecular flexibility index (Phi) is 10.1. The van der Waals surface area contributed by atoms with Crippen molar-refractivity contribution in [3.05, 3.63) is 21.7 Å². The van der Waals surface area contributed by atoms with Gasteiger partial charge in [-0.1, -0.05) is 34.1 Å². The van der Waals surface area contributed by atoms with Gasteiger partial charge in [-0.05, 0) is 44.3 Å². The third-order valence-electron chi connectivity index (χ3n) is 8.31. The number of carbonyl (C=O) groups is 2. The third-order valence-corrected chi connectivity index (χ3v) is 9.10. The Labute approximate surface area is 224 Å². The molecule has 37 heavy (non-hydrogen) atoms. The molecule has 0 aromatic carbocycles. The topological polar surface area (TPSA) is 120 Å². The second kappa shape index (κ2) is 12.5. The molecule has 0 bridgehead atoms. The molecule has 3 N–H and O–H groups in total. The Morgan fingerprint density at radius 2 is 1.95 bits per heavy atom. The minimum absolute atomic E-state index is 0.0559. The van der Waals surface area contributed by atoms with E-state index in [4.69, 9.17) is 4.74 Å². The molecule has 2 aliphatic heterocycles. The summed E-state index contributed by atoms with van der Waals surface area (Å²) in [5, 5.41) is 34.3. The summed E-state index contributed by atoms with van der Waals surface area (Å²) in [6.07, 6.45) is 2.19. The highest BCUT2D eigenvalue weighted by atomic mass is 32.1. The van der Waals surface area contributed by atoms with Gasteiger partial charge in [0.2, 0.25) is 0 Å². The van der Waals surface area contributed by atoms with Gasteiger partial charge in [0.25, 0.3) is 0 Å². The van der Waals surface area contributed by atoms with Gasteiger partial charge in [0, 0.05) is 36.3 Å². The summed E-state index contributed by atoms with van der Waals surface area (Å²) in [6, 6.07) is 0.434. The zero-order chi connectivity index (χ0) is 27.5. The molecule has 3 heterocycles. The molecule has 0 amide bonds. The van der Waals surface area contributed by atoms with E-state index in [1.807, 2.05) is 32.2 Å². The van der Waals surface area contributed by atoms with E-state index >= 15 is 0 Å². The Hall–Kier alpha value is -1.65. The van der Waals surface area contributed by atoms with Crippen molar-refractivity contribution < 1.29 is 29.6 Å². The van der Waals surface area contributed by atoms with E-state index in [0.717, 1.165) is 35.5 Å². The van der Waals surface area contributed by atoms with E-state index in [2.05, 4.69) is 9.88 Å². The van der Waals surface area contributed by atoms with Crippen molar-refractivity contribution in [2.45, 2.75) is 104 Å². The smallest absolute Gasteiger partial charge is 0.309 e. The van der Waals surface area contributed by atoms with Crippen LogP contribution in [0.25, 0.3) is 6.08 Å². The van der Waals surface area contributed by atoms with E-state index in [-0.39, 0.29) is 36.8 Å². The van der Waals surface area contributed by atoms with Gasteiger partial charge in [0.15, 0.2) is 0 Å². The lowest BCUT2D eigenvalue weighted by Crippen LogP contribution is -2.45. The summed E-state index contributed by atoms with van der Waals surface area (Å²) in [4.78, 5) is 33.1. The van der Waals surface area contributed by atoms with Crippen LogP contribution < -0.4 is 0 Å². The fourth-order valence-corrected chi connectivity index (χ4v) is 6.22. The number of aliphatic hydroxyl groups excluding tert-OH is 3. The summed E-state index contributed by atoms with van der Waals surface area (Å²) in [7, 11) is 0. The van der Waals surface area contributed by atoms with E-state index in [0.29, 0.717) is 13.0 Å². The highest BCUT2D eigenvalue weighted by Gasteiger charge is 2.48. The number of fused-ring (bicyclic) bond motifs is 1. The number of aryl methyl sites for hydroxylation is 1. The number of carbonyl (C=O) groups excluding carboxylic acids is 2. The molecule has 208 valence electrons. The van der Waals surface area contributed by atoms with Gasteiger partial charge in [-0.25, -0.2) is 4.98 Å². The summed E-state index contributed by atoms with van der Waals surface area (Å²) in [5.41, 5.74) is 0.467. The van der Waals surface area contributed by atoms with Crippen LogP contribution in [-0.4, -0.2) is 80.5 Å². The third kappa shape index (κ3) is 7.26.